The Bertz CT molecular complexity index is 551. The molecule has 6 nitrogen and oxygen atoms in total. The van der Waals surface area contributed by atoms with E-state index in [2.05, 4.69) is 0 Å². The number of carbonyl (C=O) groups excluding carboxylic acids is 2. The van der Waals surface area contributed by atoms with Gasteiger partial charge in [0.25, 0.3) is 5.91 Å². The molecule has 0 aromatic heterocycles. The molecular weight excluding hydrogens is 322 g/mol. The molecule has 0 saturated carbocycles. The fourth-order valence-electron chi connectivity index (χ4n) is 2.68. The van der Waals surface area contributed by atoms with Crippen molar-refractivity contribution < 1.29 is 23.8 Å². The number of benzene rings is 1. The first-order valence-corrected chi connectivity index (χ1v) is 8.83. The van der Waals surface area contributed by atoms with Crippen LogP contribution in [0.1, 0.15) is 31.7 Å². The number of amides is 1. The van der Waals surface area contributed by atoms with Gasteiger partial charge in [0, 0.05) is 19.7 Å². The van der Waals surface area contributed by atoms with Crippen LogP contribution in [0, 0.1) is 6.92 Å². The van der Waals surface area contributed by atoms with E-state index >= 15 is 0 Å². The lowest BCUT2D eigenvalue weighted by Crippen LogP contribution is -2.41. The summed E-state index contributed by atoms with van der Waals surface area (Å²) in [5.41, 5.74) is 1.13. The first kappa shape index (κ1) is 19.2. The third kappa shape index (κ3) is 6.74. The van der Waals surface area contributed by atoms with Gasteiger partial charge in [-0.05, 0) is 38.8 Å². The Hall–Kier alpha value is -2.08. The second-order valence-electron chi connectivity index (χ2n) is 6.13. The molecule has 138 valence electrons. The Morgan fingerprint density at radius 2 is 2.04 bits per heavy atom. The van der Waals surface area contributed by atoms with Gasteiger partial charge in [0.2, 0.25) is 0 Å². The van der Waals surface area contributed by atoms with E-state index in [0.717, 1.165) is 25.0 Å². The lowest BCUT2D eigenvalue weighted by molar-refractivity contribution is -0.144. The largest absolute Gasteiger partial charge is 0.484 e. The number of nitrogens with zero attached hydrogens (tertiary/aromatic N) is 1. The Balaban J connectivity index is 1.88. The van der Waals surface area contributed by atoms with E-state index in [1.807, 2.05) is 31.2 Å². The maximum absolute atomic E-state index is 12.5. The van der Waals surface area contributed by atoms with Crippen LogP contribution in [0.4, 0.5) is 0 Å². The van der Waals surface area contributed by atoms with Gasteiger partial charge in [-0.15, -0.1) is 0 Å². The second-order valence-corrected chi connectivity index (χ2v) is 6.13. The van der Waals surface area contributed by atoms with E-state index in [-0.39, 0.29) is 31.0 Å². The minimum atomic E-state index is -0.299. The van der Waals surface area contributed by atoms with E-state index < -0.39 is 0 Å². The highest BCUT2D eigenvalue weighted by atomic mass is 16.5. The van der Waals surface area contributed by atoms with Crippen LogP contribution in [0.2, 0.25) is 0 Å². The number of hydrogen-bond donors (Lipinski definition) is 0. The summed E-state index contributed by atoms with van der Waals surface area (Å²) in [4.78, 5) is 25.8. The number of ether oxygens (including phenoxy) is 3. The van der Waals surface area contributed by atoms with Crippen molar-refractivity contribution in [2.24, 2.45) is 0 Å². The molecule has 1 aliphatic rings. The number of rotatable bonds is 9. The first-order chi connectivity index (χ1) is 12.1. The lowest BCUT2D eigenvalue weighted by atomic mass is 10.2. The van der Waals surface area contributed by atoms with Crippen molar-refractivity contribution in [3.8, 4) is 5.75 Å². The Labute approximate surface area is 149 Å². The summed E-state index contributed by atoms with van der Waals surface area (Å²) in [5.74, 6) is 0.203. The van der Waals surface area contributed by atoms with Gasteiger partial charge in [-0.3, -0.25) is 9.59 Å². The molecule has 1 heterocycles. The summed E-state index contributed by atoms with van der Waals surface area (Å²) in [6.45, 7) is 5.57. The van der Waals surface area contributed by atoms with Crippen molar-refractivity contribution >= 4 is 11.9 Å². The number of esters is 1. The molecule has 0 N–H and O–H groups in total. The molecule has 0 spiro atoms. The van der Waals surface area contributed by atoms with E-state index in [1.54, 1.807) is 11.8 Å². The third-order valence-corrected chi connectivity index (χ3v) is 4.08. The van der Waals surface area contributed by atoms with Crippen LogP contribution in [-0.4, -0.2) is 55.8 Å². The maximum atomic E-state index is 12.5. The highest BCUT2D eigenvalue weighted by Crippen LogP contribution is 2.15. The van der Waals surface area contributed by atoms with E-state index in [1.165, 1.54) is 0 Å². The van der Waals surface area contributed by atoms with Crippen LogP contribution >= 0.6 is 0 Å². The molecule has 6 heteroatoms. The lowest BCUT2D eigenvalue weighted by Gasteiger charge is -2.25. The minimum Gasteiger partial charge on any atom is -0.484 e. The number of aryl methyl sites for hydroxylation is 1. The van der Waals surface area contributed by atoms with Gasteiger partial charge in [-0.2, -0.15) is 0 Å². The first-order valence-electron chi connectivity index (χ1n) is 8.83. The van der Waals surface area contributed by atoms with Crippen LogP contribution in [0.3, 0.4) is 0 Å². The molecule has 1 atom stereocenters. The molecule has 0 radical (unpaired) electrons. The summed E-state index contributed by atoms with van der Waals surface area (Å²) < 4.78 is 16.1. The Morgan fingerprint density at radius 1 is 1.28 bits per heavy atom. The molecule has 1 amide bonds. The standard InChI is InChI=1S/C19H27NO5/c1-3-23-19(22)10-11-20(13-17-5-4-12-24-17)18(21)14-25-16-8-6-15(2)7-9-16/h6-9,17H,3-5,10-14H2,1-2H3. The topological polar surface area (TPSA) is 65.1 Å². The fourth-order valence-corrected chi connectivity index (χ4v) is 2.68. The highest BCUT2D eigenvalue weighted by molar-refractivity contribution is 5.78. The normalized spacial score (nSPS) is 16.5. The van der Waals surface area contributed by atoms with Crippen molar-refractivity contribution in [2.75, 3.05) is 32.9 Å². The van der Waals surface area contributed by atoms with Crippen molar-refractivity contribution in [3.05, 3.63) is 29.8 Å². The van der Waals surface area contributed by atoms with Gasteiger partial charge < -0.3 is 19.1 Å². The van der Waals surface area contributed by atoms with Crippen molar-refractivity contribution in [2.45, 2.75) is 39.2 Å². The molecule has 0 aliphatic carbocycles. The molecular formula is C19H27NO5. The van der Waals surface area contributed by atoms with Crippen LogP contribution in [0.25, 0.3) is 0 Å². The summed E-state index contributed by atoms with van der Waals surface area (Å²) in [6.07, 6.45) is 2.15. The molecule has 1 aromatic carbocycles. The zero-order chi connectivity index (χ0) is 18.1. The fraction of sp³-hybridized carbons (Fsp3) is 0.579. The monoisotopic (exact) mass is 349 g/mol. The predicted octanol–water partition coefficient (Wildman–Crippen LogP) is 2.33. The van der Waals surface area contributed by atoms with Gasteiger partial charge in [0.15, 0.2) is 6.61 Å². The molecule has 25 heavy (non-hydrogen) atoms. The number of carbonyl (C=O) groups is 2. The van der Waals surface area contributed by atoms with Crippen molar-refractivity contribution in [3.63, 3.8) is 0 Å². The maximum Gasteiger partial charge on any atom is 0.307 e. The number of hydrogen-bond acceptors (Lipinski definition) is 5. The zero-order valence-corrected chi connectivity index (χ0v) is 15.0. The summed E-state index contributed by atoms with van der Waals surface area (Å²) >= 11 is 0. The van der Waals surface area contributed by atoms with Crippen LogP contribution < -0.4 is 4.74 Å². The van der Waals surface area contributed by atoms with E-state index in [0.29, 0.717) is 25.4 Å². The van der Waals surface area contributed by atoms with Gasteiger partial charge in [-0.1, -0.05) is 17.7 Å². The quantitative estimate of drug-likeness (QED) is 0.640. The van der Waals surface area contributed by atoms with Gasteiger partial charge >= 0.3 is 5.97 Å². The molecule has 1 fully saturated rings. The predicted molar refractivity (Wildman–Crippen MR) is 93.5 cm³/mol. The molecule has 0 bridgehead atoms. The molecule has 1 saturated heterocycles. The van der Waals surface area contributed by atoms with Crippen LogP contribution in [0.5, 0.6) is 5.75 Å². The average molecular weight is 349 g/mol. The molecule has 2 rings (SSSR count). The van der Waals surface area contributed by atoms with Gasteiger partial charge in [0.1, 0.15) is 5.75 Å². The van der Waals surface area contributed by atoms with Crippen LogP contribution in [0.15, 0.2) is 24.3 Å². The second kappa shape index (κ2) is 10.0. The highest BCUT2D eigenvalue weighted by Gasteiger charge is 2.23. The third-order valence-electron chi connectivity index (χ3n) is 4.08. The van der Waals surface area contributed by atoms with E-state index in [4.69, 9.17) is 14.2 Å². The SMILES string of the molecule is CCOC(=O)CCN(CC1CCCO1)C(=O)COc1ccc(C)cc1. The molecule has 1 unspecified atom stereocenters. The average Bonchev–Trinajstić information content (AvgIpc) is 3.11. The van der Waals surface area contributed by atoms with Crippen molar-refractivity contribution in [1.82, 2.24) is 4.90 Å². The Morgan fingerprint density at radius 3 is 2.68 bits per heavy atom. The van der Waals surface area contributed by atoms with Gasteiger partial charge in [0.05, 0.1) is 19.1 Å². The summed E-state index contributed by atoms with van der Waals surface area (Å²) in [7, 11) is 0. The molecule has 1 aromatic rings. The minimum absolute atomic E-state index is 0.0329. The van der Waals surface area contributed by atoms with Gasteiger partial charge in [-0.25, -0.2) is 0 Å². The smallest absolute Gasteiger partial charge is 0.307 e. The Kier molecular flexibility index (Phi) is 7.73. The van der Waals surface area contributed by atoms with Crippen molar-refractivity contribution in [1.29, 1.82) is 0 Å². The van der Waals surface area contributed by atoms with E-state index in [9.17, 15) is 9.59 Å². The zero-order valence-electron chi connectivity index (χ0n) is 15.0. The van der Waals surface area contributed by atoms with Crippen LogP contribution in [-0.2, 0) is 19.1 Å². The summed E-state index contributed by atoms with van der Waals surface area (Å²) in [5, 5.41) is 0. The molecule has 1 aliphatic heterocycles. The summed E-state index contributed by atoms with van der Waals surface area (Å²) in [6, 6.07) is 7.55.